The molecule has 0 unspecified atom stereocenters. The standard InChI is InChI=1S/C27H35N3O7/c1-5-34-22-17-19(18-23(35-6-2)24(22)36-7-3)25(31)28-21-12-10-9-11-20(21)26(32)29-13-15-30(16-14-29)27(33)37-8-4/h9-12,17-18H,5-8,13-16H2,1-4H3,(H,28,31). The van der Waals surface area contributed by atoms with Crippen LogP contribution in [0.15, 0.2) is 36.4 Å². The summed E-state index contributed by atoms with van der Waals surface area (Å²) in [4.78, 5) is 41.8. The van der Waals surface area contributed by atoms with Crippen molar-refractivity contribution in [2.45, 2.75) is 27.7 Å². The Morgan fingerprint density at radius 3 is 1.92 bits per heavy atom. The van der Waals surface area contributed by atoms with Gasteiger partial charge in [-0.25, -0.2) is 4.79 Å². The number of anilines is 1. The Balaban J connectivity index is 1.80. The monoisotopic (exact) mass is 513 g/mol. The van der Waals surface area contributed by atoms with Crippen LogP contribution in [0.2, 0.25) is 0 Å². The number of amides is 3. The second-order valence-corrected chi connectivity index (χ2v) is 8.08. The van der Waals surface area contributed by atoms with Gasteiger partial charge in [-0.15, -0.1) is 0 Å². The van der Waals surface area contributed by atoms with Gasteiger partial charge >= 0.3 is 6.09 Å². The average Bonchev–Trinajstić information content (AvgIpc) is 2.90. The summed E-state index contributed by atoms with van der Waals surface area (Å²) >= 11 is 0. The molecule has 2 aromatic rings. The van der Waals surface area contributed by atoms with Crippen LogP contribution in [0.3, 0.4) is 0 Å². The van der Waals surface area contributed by atoms with Gasteiger partial charge in [0.05, 0.1) is 37.7 Å². The van der Waals surface area contributed by atoms with E-state index in [2.05, 4.69) is 5.32 Å². The molecule has 1 aliphatic rings. The lowest BCUT2D eigenvalue weighted by Crippen LogP contribution is -2.50. The van der Waals surface area contributed by atoms with E-state index in [0.717, 1.165) is 0 Å². The molecule has 37 heavy (non-hydrogen) atoms. The summed E-state index contributed by atoms with van der Waals surface area (Å²) in [5.74, 6) is 0.613. The molecule has 1 aliphatic heterocycles. The van der Waals surface area contributed by atoms with Crippen LogP contribution < -0.4 is 19.5 Å². The number of carbonyl (C=O) groups excluding carboxylic acids is 3. The Labute approximate surface area is 217 Å². The van der Waals surface area contributed by atoms with Crippen LogP contribution in [-0.2, 0) is 4.74 Å². The van der Waals surface area contributed by atoms with Crippen LogP contribution in [0.1, 0.15) is 48.4 Å². The number of para-hydroxylation sites is 1. The molecule has 2 aromatic carbocycles. The molecule has 0 bridgehead atoms. The molecule has 0 aromatic heterocycles. The van der Waals surface area contributed by atoms with Gasteiger partial charge in [-0.1, -0.05) is 12.1 Å². The van der Waals surface area contributed by atoms with Gasteiger partial charge in [0, 0.05) is 31.7 Å². The van der Waals surface area contributed by atoms with E-state index in [0.29, 0.717) is 86.7 Å². The summed E-state index contributed by atoms with van der Waals surface area (Å²) in [6, 6.07) is 10.1. The van der Waals surface area contributed by atoms with Crippen LogP contribution in [0.25, 0.3) is 0 Å². The predicted octanol–water partition coefficient (Wildman–Crippen LogP) is 4.05. The summed E-state index contributed by atoms with van der Waals surface area (Å²) in [7, 11) is 0. The van der Waals surface area contributed by atoms with Crippen molar-refractivity contribution in [1.82, 2.24) is 9.80 Å². The van der Waals surface area contributed by atoms with Crippen LogP contribution in [0.4, 0.5) is 10.5 Å². The smallest absolute Gasteiger partial charge is 0.409 e. The number of ether oxygens (including phenoxy) is 4. The van der Waals surface area contributed by atoms with Crippen molar-refractivity contribution in [3.8, 4) is 17.2 Å². The number of carbonyl (C=O) groups is 3. The fourth-order valence-electron chi connectivity index (χ4n) is 3.97. The second-order valence-electron chi connectivity index (χ2n) is 8.08. The van der Waals surface area contributed by atoms with Gasteiger partial charge < -0.3 is 34.1 Å². The highest BCUT2D eigenvalue weighted by atomic mass is 16.6. The SMILES string of the molecule is CCOC(=O)N1CCN(C(=O)c2ccccc2NC(=O)c2cc(OCC)c(OCC)c(OCC)c2)CC1. The third kappa shape index (κ3) is 6.84. The average molecular weight is 514 g/mol. The van der Waals surface area contributed by atoms with E-state index in [9.17, 15) is 14.4 Å². The molecule has 10 nitrogen and oxygen atoms in total. The molecule has 10 heteroatoms. The van der Waals surface area contributed by atoms with Crippen LogP contribution in [-0.4, -0.2) is 80.3 Å². The normalized spacial score (nSPS) is 13.1. The van der Waals surface area contributed by atoms with E-state index in [1.54, 1.807) is 53.1 Å². The van der Waals surface area contributed by atoms with Crippen molar-refractivity contribution in [3.63, 3.8) is 0 Å². The minimum absolute atomic E-state index is 0.226. The molecular weight excluding hydrogens is 478 g/mol. The molecule has 1 fully saturated rings. The number of rotatable bonds is 10. The van der Waals surface area contributed by atoms with Crippen LogP contribution in [0, 0.1) is 0 Å². The van der Waals surface area contributed by atoms with Gasteiger partial charge in [0.15, 0.2) is 11.5 Å². The highest BCUT2D eigenvalue weighted by molar-refractivity contribution is 6.09. The largest absolute Gasteiger partial charge is 0.490 e. The fraction of sp³-hybridized carbons (Fsp3) is 0.444. The number of hydrogen-bond acceptors (Lipinski definition) is 7. The van der Waals surface area contributed by atoms with Crippen molar-refractivity contribution in [1.29, 1.82) is 0 Å². The van der Waals surface area contributed by atoms with Crippen molar-refractivity contribution in [2.24, 2.45) is 0 Å². The number of hydrogen-bond donors (Lipinski definition) is 1. The van der Waals surface area contributed by atoms with E-state index < -0.39 is 5.91 Å². The Hall–Kier alpha value is -3.95. The zero-order chi connectivity index (χ0) is 26.8. The van der Waals surface area contributed by atoms with Crippen molar-refractivity contribution >= 4 is 23.6 Å². The first-order valence-corrected chi connectivity index (χ1v) is 12.6. The Bertz CT molecular complexity index is 1070. The molecule has 0 saturated carbocycles. The molecule has 1 N–H and O–H groups in total. The lowest BCUT2D eigenvalue weighted by atomic mass is 10.1. The maximum absolute atomic E-state index is 13.3. The summed E-state index contributed by atoms with van der Waals surface area (Å²) < 4.78 is 22.2. The maximum Gasteiger partial charge on any atom is 0.409 e. The van der Waals surface area contributed by atoms with Crippen molar-refractivity contribution in [3.05, 3.63) is 47.5 Å². The number of nitrogens with zero attached hydrogens (tertiary/aromatic N) is 2. The van der Waals surface area contributed by atoms with Crippen LogP contribution in [0.5, 0.6) is 17.2 Å². The van der Waals surface area contributed by atoms with E-state index in [1.165, 1.54) is 0 Å². The highest BCUT2D eigenvalue weighted by Crippen LogP contribution is 2.39. The summed E-state index contributed by atoms with van der Waals surface area (Å²) in [6.07, 6.45) is -0.379. The molecule has 3 amide bonds. The van der Waals surface area contributed by atoms with Gasteiger partial charge in [0.25, 0.3) is 11.8 Å². The number of benzene rings is 2. The van der Waals surface area contributed by atoms with E-state index >= 15 is 0 Å². The first kappa shape index (κ1) is 27.6. The molecule has 1 saturated heterocycles. The highest BCUT2D eigenvalue weighted by Gasteiger charge is 2.27. The number of nitrogens with one attached hydrogen (secondary N) is 1. The summed E-state index contributed by atoms with van der Waals surface area (Å²) in [6.45, 7) is 10.3. The third-order valence-electron chi connectivity index (χ3n) is 5.67. The van der Waals surface area contributed by atoms with Gasteiger partial charge in [0.1, 0.15) is 0 Å². The predicted molar refractivity (Wildman–Crippen MR) is 139 cm³/mol. The minimum atomic E-state index is -0.419. The molecule has 0 atom stereocenters. The Morgan fingerprint density at radius 2 is 1.35 bits per heavy atom. The Kier molecular flexibility index (Phi) is 10.00. The van der Waals surface area contributed by atoms with Gasteiger partial charge in [-0.05, 0) is 52.0 Å². The molecule has 200 valence electrons. The molecule has 0 aliphatic carbocycles. The van der Waals surface area contributed by atoms with Crippen molar-refractivity contribution < 1.29 is 33.3 Å². The molecule has 3 rings (SSSR count). The van der Waals surface area contributed by atoms with Crippen molar-refractivity contribution in [2.75, 3.05) is 57.9 Å². The zero-order valence-corrected chi connectivity index (χ0v) is 21.9. The van der Waals surface area contributed by atoms with Gasteiger partial charge in [0.2, 0.25) is 5.75 Å². The molecule has 0 spiro atoms. The van der Waals surface area contributed by atoms with Crippen LogP contribution >= 0.6 is 0 Å². The van der Waals surface area contributed by atoms with E-state index in [1.807, 2.05) is 20.8 Å². The minimum Gasteiger partial charge on any atom is -0.490 e. The molecular formula is C27H35N3O7. The third-order valence-corrected chi connectivity index (χ3v) is 5.67. The first-order chi connectivity index (χ1) is 17.9. The first-order valence-electron chi connectivity index (χ1n) is 12.6. The van der Waals surface area contributed by atoms with Gasteiger partial charge in [-0.3, -0.25) is 9.59 Å². The topological polar surface area (TPSA) is 107 Å². The lowest BCUT2D eigenvalue weighted by Gasteiger charge is -2.34. The molecule has 1 heterocycles. The summed E-state index contributed by atoms with van der Waals surface area (Å²) in [5, 5.41) is 2.86. The second kappa shape index (κ2) is 13.4. The summed E-state index contributed by atoms with van der Waals surface area (Å²) in [5.41, 5.74) is 1.05. The van der Waals surface area contributed by atoms with E-state index in [-0.39, 0.29) is 12.0 Å². The quantitative estimate of drug-likeness (QED) is 0.511. The molecule has 0 radical (unpaired) electrons. The van der Waals surface area contributed by atoms with Gasteiger partial charge in [-0.2, -0.15) is 0 Å². The lowest BCUT2D eigenvalue weighted by molar-refractivity contribution is 0.0571. The fourth-order valence-corrected chi connectivity index (χ4v) is 3.97. The number of piperazine rings is 1. The maximum atomic E-state index is 13.3. The van der Waals surface area contributed by atoms with E-state index in [4.69, 9.17) is 18.9 Å². The zero-order valence-electron chi connectivity index (χ0n) is 21.9. The Morgan fingerprint density at radius 1 is 0.784 bits per heavy atom.